The number of ether oxygens (including phenoxy) is 1. The van der Waals surface area contributed by atoms with Crippen LogP contribution in [0.3, 0.4) is 0 Å². The molecule has 0 saturated heterocycles. The van der Waals surface area contributed by atoms with Crippen molar-refractivity contribution in [1.29, 1.82) is 0 Å². The lowest BCUT2D eigenvalue weighted by atomic mass is 10.1. The van der Waals surface area contributed by atoms with Crippen molar-refractivity contribution in [2.75, 3.05) is 11.9 Å². The van der Waals surface area contributed by atoms with E-state index in [9.17, 15) is 0 Å². The Morgan fingerprint density at radius 2 is 2.23 bits per heavy atom. The number of anilines is 2. The molecule has 138 valence electrons. The lowest BCUT2D eigenvalue weighted by Crippen LogP contribution is -2.22. The first-order chi connectivity index (χ1) is 12.4. The summed E-state index contributed by atoms with van der Waals surface area (Å²) in [6.07, 6.45) is 7.24. The predicted octanol–water partition coefficient (Wildman–Crippen LogP) is 4.15. The summed E-state index contributed by atoms with van der Waals surface area (Å²) < 4.78 is 7.52. The van der Waals surface area contributed by atoms with Gasteiger partial charge in [-0.3, -0.25) is 4.85 Å². The van der Waals surface area contributed by atoms with Crippen LogP contribution in [-0.2, 0) is 5.66 Å². The Hall–Kier alpha value is -2.62. The number of hydrogen-bond donors (Lipinski definition) is 1. The van der Waals surface area contributed by atoms with Crippen molar-refractivity contribution in [3.8, 4) is 5.88 Å². The van der Waals surface area contributed by atoms with E-state index in [0.29, 0.717) is 24.4 Å². The molecule has 2 unspecified atom stereocenters. The summed E-state index contributed by atoms with van der Waals surface area (Å²) in [5.41, 5.74) is 0.842. The van der Waals surface area contributed by atoms with Gasteiger partial charge in [0, 0.05) is 26.1 Å². The van der Waals surface area contributed by atoms with E-state index in [2.05, 4.69) is 32.2 Å². The van der Waals surface area contributed by atoms with E-state index >= 15 is 0 Å². The number of aryl methyl sites for hydroxylation is 1. The van der Waals surface area contributed by atoms with E-state index in [1.165, 1.54) is 19.3 Å². The minimum Gasteiger partial charge on any atom is -0.477 e. The normalized spacial score (nSPS) is 20.0. The molecule has 7 heteroatoms. The predicted molar refractivity (Wildman–Crippen MR) is 100 cm³/mol. The van der Waals surface area contributed by atoms with Crippen LogP contribution in [0, 0.1) is 25.3 Å². The highest BCUT2D eigenvalue weighted by Gasteiger charge is 2.27. The van der Waals surface area contributed by atoms with Crippen molar-refractivity contribution in [2.45, 2.75) is 52.6 Å². The van der Waals surface area contributed by atoms with Crippen molar-refractivity contribution in [3.63, 3.8) is 0 Å². The van der Waals surface area contributed by atoms with Gasteiger partial charge in [-0.05, 0) is 31.6 Å². The molecule has 0 radical (unpaired) electrons. The van der Waals surface area contributed by atoms with Gasteiger partial charge in [0.25, 0.3) is 0 Å². The van der Waals surface area contributed by atoms with Crippen molar-refractivity contribution in [1.82, 2.24) is 19.7 Å². The molecule has 0 aliphatic heterocycles. The number of aromatic nitrogens is 4. The third-order valence-electron chi connectivity index (χ3n) is 4.88. The lowest BCUT2D eigenvalue weighted by Gasteiger charge is -2.12. The summed E-state index contributed by atoms with van der Waals surface area (Å²) in [5, 5.41) is 7.60. The smallest absolute Gasteiger partial charge is 0.319 e. The van der Waals surface area contributed by atoms with Crippen molar-refractivity contribution >= 4 is 11.6 Å². The molecule has 0 amide bonds. The quantitative estimate of drug-likeness (QED) is 0.789. The van der Waals surface area contributed by atoms with Gasteiger partial charge in [0.15, 0.2) is 0 Å². The maximum atomic E-state index is 7.30. The molecule has 7 nitrogen and oxygen atoms in total. The average molecular weight is 354 g/mol. The Morgan fingerprint density at radius 3 is 2.92 bits per heavy atom. The second kappa shape index (κ2) is 7.32. The molecule has 2 aromatic rings. The van der Waals surface area contributed by atoms with Crippen LogP contribution in [0.2, 0.25) is 0 Å². The molecule has 2 atom stereocenters. The number of nitrogens with one attached hydrogen (secondary N) is 1. The standard InChI is InChI=1S/C19H26N6O/c1-13-6-7-15(10-13)12-26-17-8-9-21-18(23-17)22-16-11-25(24-14(16)2)19(3,4)20-5/h8-9,11,13,15H,6-7,10,12H2,1-4H3,(H,21,22,23). The van der Waals surface area contributed by atoms with Gasteiger partial charge < -0.3 is 10.1 Å². The Balaban J connectivity index is 1.66. The maximum Gasteiger partial charge on any atom is 0.319 e. The van der Waals surface area contributed by atoms with Crippen LogP contribution in [0.15, 0.2) is 18.5 Å². The van der Waals surface area contributed by atoms with Crippen LogP contribution in [-0.4, -0.2) is 26.4 Å². The van der Waals surface area contributed by atoms with Gasteiger partial charge in [-0.15, -0.1) is 0 Å². The minimum atomic E-state index is -0.727. The summed E-state index contributed by atoms with van der Waals surface area (Å²) in [7, 11) is 0. The zero-order valence-corrected chi connectivity index (χ0v) is 15.9. The van der Waals surface area contributed by atoms with E-state index in [1.807, 2.05) is 27.0 Å². The molecule has 0 spiro atoms. The molecule has 1 aliphatic carbocycles. The third kappa shape index (κ3) is 4.13. The largest absolute Gasteiger partial charge is 0.477 e. The highest BCUT2D eigenvalue weighted by atomic mass is 16.5. The average Bonchev–Trinajstić information content (AvgIpc) is 3.20. The molecular weight excluding hydrogens is 328 g/mol. The van der Waals surface area contributed by atoms with E-state index in [1.54, 1.807) is 16.9 Å². The van der Waals surface area contributed by atoms with Gasteiger partial charge >= 0.3 is 5.66 Å². The molecule has 1 fully saturated rings. The first kappa shape index (κ1) is 18.2. The summed E-state index contributed by atoms with van der Waals surface area (Å²) in [6, 6.07) is 1.78. The van der Waals surface area contributed by atoms with Crippen molar-refractivity contribution in [2.24, 2.45) is 11.8 Å². The third-order valence-corrected chi connectivity index (χ3v) is 4.88. The topological polar surface area (TPSA) is 69.2 Å². The molecule has 26 heavy (non-hydrogen) atoms. The van der Waals surface area contributed by atoms with Crippen LogP contribution in [0.25, 0.3) is 4.85 Å². The summed E-state index contributed by atoms with van der Waals surface area (Å²) in [6.45, 7) is 15.8. The van der Waals surface area contributed by atoms with Crippen LogP contribution >= 0.6 is 0 Å². The lowest BCUT2D eigenvalue weighted by molar-refractivity contribution is 0.240. The van der Waals surface area contributed by atoms with E-state index < -0.39 is 5.66 Å². The Bertz CT molecular complexity index is 807. The molecular formula is C19H26N6O. The molecule has 1 saturated carbocycles. The SMILES string of the molecule is [C-]#[N+]C(C)(C)n1cc(Nc2nccc(OCC3CCC(C)C3)n2)c(C)n1. The highest BCUT2D eigenvalue weighted by Crippen LogP contribution is 2.30. The van der Waals surface area contributed by atoms with Crippen LogP contribution < -0.4 is 10.1 Å². The second-order valence-electron chi connectivity index (χ2n) is 7.62. The molecule has 1 N–H and O–H groups in total. The van der Waals surface area contributed by atoms with Gasteiger partial charge in [0.2, 0.25) is 11.8 Å². The number of hydrogen-bond acceptors (Lipinski definition) is 5. The first-order valence-electron chi connectivity index (χ1n) is 9.05. The van der Waals surface area contributed by atoms with Crippen molar-refractivity contribution < 1.29 is 4.74 Å². The molecule has 2 aromatic heterocycles. The van der Waals surface area contributed by atoms with E-state index in [-0.39, 0.29) is 0 Å². The van der Waals surface area contributed by atoms with Gasteiger partial charge in [-0.2, -0.15) is 14.8 Å². The fourth-order valence-corrected chi connectivity index (χ4v) is 3.20. The maximum absolute atomic E-state index is 7.30. The van der Waals surface area contributed by atoms with E-state index in [4.69, 9.17) is 11.3 Å². The fourth-order valence-electron chi connectivity index (χ4n) is 3.20. The molecule has 0 aromatic carbocycles. The molecule has 1 aliphatic rings. The fraction of sp³-hybridized carbons (Fsp3) is 0.579. The zero-order valence-electron chi connectivity index (χ0n) is 15.9. The van der Waals surface area contributed by atoms with Gasteiger partial charge in [-0.25, -0.2) is 11.6 Å². The molecule has 0 bridgehead atoms. The Labute approximate surface area is 154 Å². The summed E-state index contributed by atoms with van der Waals surface area (Å²) in [5.74, 6) is 2.46. The van der Waals surface area contributed by atoms with Gasteiger partial charge in [0.05, 0.1) is 24.2 Å². The monoisotopic (exact) mass is 354 g/mol. The van der Waals surface area contributed by atoms with Crippen LogP contribution in [0.1, 0.15) is 45.7 Å². The molecule has 3 rings (SSSR count). The van der Waals surface area contributed by atoms with Gasteiger partial charge in [-0.1, -0.05) is 13.3 Å². The summed E-state index contributed by atoms with van der Waals surface area (Å²) in [4.78, 5) is 12.3. The van der Waals surface area contributed by atoms with Crippen LogP contribution in [0.5, 0.6) is 5.88 Å². The molecule has 2 heterocycles. The highest BCUT2D eigenvalue weighted by molar-refractivity contribution is 5.55. The zero-order chi connectivity index (χ0) is 18.7. The number of nitrogens with zero attached hydrogens (tertiary/aromatic N) is 5. The minimum absolute atomic E-state index is 0.463. The number of rotatable bonds is 6. The Kier molecular flexibility index (Phi) is 5.12. The first-order valence-corrected chi connectivity index (χ1v) is 9.05. The van der Waals surface area contributed by atoms with Gasteiger partial charge in [0.1, 0.15) is 0 Å². The van der Waals surface area contributed by atoms with Crippen molar-refractivity contribution in [3.05, 3.63) is 35.6 Å². The summed E-state index contributed by atoms with van der Waals surface area (Å²) >= 11 is 0. The van der Waals surface area contributed by atoms with Crippen LogP contribution in [0.4, 0.5) is 11.6 Å². The second-order valence-corrected chi connectivity index (χ2v) is 7.62. The Morgan fingerprint density at radius 1 is 1.42 bits per heavy atom. The van der Waals surface area contributed by atoms with E-state index in [0.717, 1.165) is 17.3 Å².